The minimum atomic E-state index is -4.60. The number of hydrogen-bond donors (Lipinski definition) is 2. The highest BCUT2D eigenvalue weighted by molar-refractivity contribution is 6.05. The van der Waals surface area contributed by atoms with E-state index in [2.05, 4.69) is 15.3 Å². The summed E-state index contributed by atoms with van der Waals surface area (Å²) < 4.78 is 38.5. The Morgan fingerprint density at radius 2 is 1.81 bits per heavy atom. The van der Waals surface area contributed by atoms with Crippen LogP contribution in [0.1, 0.15) is 21.6 Å². The number of anilines is 1. The third-order valence-electron chi connectivity index (χ3n) is 4.90. The molecule has 0 saturated carbocycles. The van der Waals surface area contributed by atoms with Crippen molar-refractivity contribution in [1.29, 1.82) is 0 Å². The monoisotopic (exact) mass is 423 g/mol. The first-order valence-corrected chi connectivity index (χ1v) is 9.30. The minimum absolute atomic E-state index is 0.00216. The molecular formula is C23H16F3N3O2. The number of hydrogen-bond acceptors (Lipinski definition) is 3. The predicted octanol–water partition coefficient (Wildman–Crippen LogP) is 5.17. The molecule has 0 spiro atoms. The van der Waals surface area contributed by atoms with Gasteiger partial charge in [0.15, 0.2) is 0 Å². The lowest BCUT2D eigenvalue weighted by Gasteiger charge is -2.12. The number of carbonyl (C=O) groups is 1. The van der Waals surface area contributed by atoms with E-state index in [1.807, 2.05) is 19.1 Å². The second-order valence-corrected chi connectivity index (χ2v) is 6.98. The number of nitrogens with one attached hydrogen (secondary N) is 2. The maximum atomic E-state index is 12.8. The minimum Gasteiger partial charge on any atom is -0.329 e. The number of H-pyrrole nitrogens is 1. The van der Waals surface area contributed by atoms with Crippen molar-refractivity contribution in [2.75, 3.05) is 5.32 Å². The zero-order valence-corrected chi connectivity index (χ0v) is 16.2. The molecule has 0 aliphatic heterocycles. The van der Waals surface area contributed by atoms with Crippen LogP contribution in [0.5, 0.6) is 0 Å². The Morgan fingerprint density at radius 1 is 1.00 bits per heavy atom. The second-order valence-electron chi connectivity index (χ2n) is 6.98. The lowest BCUT2D eigenvalue weighted by molar-refractivity contribution is -0.141. The Labute approximate surface area is 174 Å². The van der Waals surface area contributed by atoms with E-state index in [0.29, 0.717) is 10.9 Å². The van der Waals surface area contributed by atoms with Crippen molar-refractivity contribution in [1.82, 2.24) is 9.97 Å². The van der Waals surface area contributed by atoms with Gasteiger partial charge in [0.1, 0.15) is 5.69 Å². The lowest BCUT2D eigenvalue weighted by Crippen LogP contribution is -2.14. The molecule has 0 unspecified atom stereocenters. The first-order valence-electron chi connectivity index (χ1n) is 9.30. The van der Waals surface area contributed by atoms with E-state index in [1.165, 1.54) is 6.07 Å². The molecule has 4 aromatic rings. The summed E-state index contributed by atoms with van der Waals surface area (Å²) in [7, 11) is 0. The Bertz CT molecular complexity index is 1360. The standard InChI is InChI=1S/C23H16F3N3O2/c1-13-11-14(21(30)29-15-7-9-27-20(12-15)23(24,25)26)5-6-16(13)17-3-2-4-19-18(17)8-10-28-22(19)31/h2-12H,1H3,(H,28,31)(H,27,29,30). The molecule has 0 fully saturated rings. The van der Waals surface area contributed by atoms with Crippen LogP contribution in [0.15, 0.2) is 71.8 Å². The molecule has 0 bridgehead atoms. The van der Waals surface area contributed by atoms with Gasteiger partial charge in [-0.05, 0) is 65.4 Å². The van der Waals surface area contributed by atoms with Crippen molar-refractivity contribution in [2.45, 2.75) is 13.1 Å². The number of carbonyl (C=O) groups excluding carboxylic acids is 1. The molecule has 2 aromatic carbocycles. The van der Waals surface area contributed by atoms with Crippen molar-refractivity contribution in [3.8, 4) is 11.1 Å². The summed E-state index contributed by atoms with van der Waals surface area (Å²) in [4.78, 5) is 30.6. The molecular weight excluding hydrogens is 407 g/mol. The fraction of sp³-hybridized carbons (Fsp3) is 0.0870. The number of pyridine rings is 2. The van der Waals surface area contributed by atoms with Gasteiger partial charge in [0, 0.05) is 29.0 Å². The topological polar surface area (TPSA) is 74.8 Å². The van der Waals surface area contributed by atoms with Crippen LogP contribution in [0, 0.1) is 6.92 Å². The number of rotatable bonds is 3. The molecule has 31 heavy (non-hydrogen) atoms. The zero-order chi connectivity index (χ0) is 22.2. The Balaban J connectivity index is 1.65. The van der Waals surface area contributed by atoms with Crippen molar-refractivity contribution >= 4 is 22.4 Å². The van der Waals surface area contributed by atoms with Gasteiger partial charge in [-0.25, -0.2) is 0 Å². The summed E-state index contributed by atoms with van der Waals surface area (Å²) in [5.74, 6) is -0.539. The van der Waals surface area contributed by atoms with Crippen LogP contribution in [-0.4, -0.2) is 15.9 Å². The van der Waals surface area contributed by atoms with Crippen molar-refractivity contribution < 1.29 is 18.0 Å². The summed E-state index contributed by atoms with van der Waals surface area (Å²) in [5, 5.41) is 3.81. The highest BCUT2D eigenvalue weighted by Gasteiger charge is 2.32. The number of nitrogens with zero attached hydrogens (tertiary/aromatic N) is 1. The van der Waals surface area contributed by atoms with E-state index in [-0.39, 0.29) is 11.2 Å². The van der Waals surface area contributed by atoms with Crippen LogP contribution in [-0.2, 0) is 6.18 Å². The van der Waals surface area contributed by atoms with Gasteiger partial charge in [-0.3, -0.25) is 14.6 Å². The van der Waals surface area contributed by atoms with Crippen LogP contribution in [0.2, 0.25) is 0 Å². The normalized spacial score (nSPS) is 11.5. The molecule has 0 aliphatic rings. The fourth-order valence-electron chi connectivity index (χ4n) is 3.43. The average Bonchev–Trinajstić information content (AvgIpc) is 2.73. The molecule has 0 atom stereocenters. The summed E-state index contributed by atoms with van der Waals surface area (Å²) in [6.07, 6.45) is -2.02. The number of alkyl halides is 3. The number of amides is 1. The number of halogens is 3. The van der Waals surface area contributed by atoms with Crippen LogP contribution in [0.4, 0.5) is 18.9 Å². The van der Waals surface area contributed by atoms with Gasteiger partial charge < -0.3 is 10.3 Å². The van der Waals surface area contributed by atoms with E-state index >= 15 is 0 Å². The SMILES string of the molecule is Cc1cc(C(=O)Nc2ccnc(C(F)(F)F)c2)ccc1-c1cccc2c(=O)[nH]ccc12. The molecule has 8 heteroatoms. The highest BCUT2D eigenvalue weighted by atomic mass is 19.4. The smallest absolute Gasteiger partial charge is 0.329 e. The van der Waals surface area contributed by atoms with Gasteiger partial charge in [0.25, 0.3) is 11.5 Å². The molecule has 0 saturated heterocycles. The highest BCUT2D eigenvalue weighted by Crippen LogP contribution is 2.31. The molecule has 2 heterocycles. The van der Waals surface area contributed by atoms with Gasteiger partial charge in [0.2, 0.25) is 0 Å². The Morgan fingerprint density at radius 3 is 2.55 bits per heavy atom. The molecule has 1 amide bonds. The second kappa shape index (κ2) is 7.71. The third kappa shape index (κ3) is 4.05. The summed E-state index contributed by atoms with van der Waals surface area (Å²) in [6.45, 7) is 1.83. The Kier molecular flexibility index (Phi) is 5.06. The molecule has 2 aromatic heterocycles. The average molecular weight is 423 g/mol. The fourth-order valence-corrected chi connectivity index (χ4v) is 3.43. The van der Waals surface area contributed by atoms with Crippen LogP contribution >= 0.6 is 0 Å². The quantitative estimate of drug-likeness (QED) is 0.477. The summed E-state index contributed by atoms with van der Waals surface area (Å²) in [6, 6.07) is 14.3. The van der Waals surface area contributed by atoms with Crippen molar-refractivity contribution in [3.05, 3.63) is 94.2 Å². The summed E-state index contributed by atoms with van der Waals surface area (Å²) in [5.41, 5.74) is 1.50. The molecule has 0 radical (unpaired) electrons. The van der Waals surface area contributed by atoms with Gasteiger partial charge in [-0.2, -0.15) is 13.2 Å². The molecule has 156 valence electrons. The largest absolute Gasteiger partial charge is 0.433 e. The number of aromatic amines is 1. The lowest BCUT2D eigenvalue weighted by atomic mass is 9.94. The molecule has 2 N–H and O–H groups in total. The van der Waals surface area contributed by atoms with Crippen molar-refractivity contribution in [2.24, 2.45) is 0 Å². The predicted molar refractivity (Wildman–Crippen MR) is 112 cm³/mol. The third-order valence-corrected chi connectivity index (χ3v) is 4.90. The maximum Gasteiger partial charge on any atom is 0.433 e. The molecule has 0 aliphatic carbocycles. The van der Waals surface area contributed by atoms with Gasteiger partial charge in [-0.1, -0.05) is 18.2 Å². The van der Waals surface area contributed by atoms with E-state index in [1.54, 1.807) is 36.5 Å². The van der Waals surface area contributed by atoms with Gasteiger partial charge in [-0.15, -0.1) is 0 Å². The first kappa shape index (κ1) is 20.3. The van der Waals surface area contributed by atoms with Crippen molar-refractivity contribution in [3.63, 3.8) is 0 Å². The molecule has 5 nitrogen and oxygen atoms in total. The maximum absolute atomic E-state index is 12.8. The van der Waals surface area contributed by atoms with E-state index < -0.39 is 17.8 Å². The van der Waals surface area contributed by atoms with Crippen LogP contribution in [0.25, 0.3) is 21.9 Å². The van der Waals surface area contributed by atoms with Gasteiger partial charge in [0.05, 0.1) is 0 Å². The van der Waals surface area contributed by atoms with E-state index in [4.69, 9.17) is 0 Å². The van der Waals surface area contributed by atoms with E-state index in [0.717, 1.165) is 34.3 Å². The van der Waals surface area contributed by atoms with Crippen LogP contribution in [0.3, 0.4) is 0 Å². The number of fused-ring (bicyclic) bond motifs is 1. The number of benzene rings is 2. The molecule has 4 rings (SSSR count). The van der Waals surface area contributed by atoms with Gasteiger partial charge >= 0.3 is 6.18 Å². The summed E-state index contributed by atoms with van der Waals surface area (Å²) >= 11 is 0. The van der Waals surface area contributed by atoms with Crippen LogP contribution < -0.4 is 10.9 Å². The number of aromatic nitrogens is 2. The first-order chi connectivity index (χ1) is 14.7. The van der Waals surface area contributed by atoms with E-state index in [9.17, 15) is 22.8 Å². The Hall–Kier alpha value is -3.94. The number of aryl methyl sites for hydroxylation is 1. The zero-order valence-electron chi connectivity index (χ0n) is 16.2.